The number of carbonyl (C=O) groups is 2. The van der Waals surface area contributed by atoms with Crippen molar-refractivity contribution in [3.05, 3.63) is 107 Å². The van der Waals surface area contributed by atoms with Crippen molar-refractivity contribution in [1.29, 1.82) is 0 Å². The van der Waals surface area contributed by atoms with Crippen LogP contribution in [0.5, 0.6) is 5.75 Å². The number of hydrogen-bond donors (Lipinski definition) is 1. The van der Waals surface area contributed by atoms with Gasteiger partial charge in [0.25, 0.3) is 11.7 Å². The molecule has 0 saturated carbocycles. The van der Waals surface area contributed by atoms with Crippen LogP contribution in [0.25, 0.3) is 5.76 Å². The minimum atomic E-state index is -0.736. The van der Waals surface area contributed by atoms with Gasteiger partial charge in [-0.2, -0.15) is 0 Å². The van der Waals surface area contributed by atoms with Crippen LogP contribution in [0.3, 0.4) is 0 Å². The third kappa shape index (κ3) is 3.94. The molecule has 1 fully saturated rings. The van der Waals surface area contributed by atoms with Crippen molar-refractivity contribution in [2.75, 3.05) is 13.7 Å². The standard InChI is InChI=1S/C26H23NO4/c1-31-21-15-9-8-14-20(21)23-22(24(28)19-12-6-3-7-13-19)25(29)26(30)27(23)17-16-18-10-4-2-5-11-18/h2-15,23,28H,16-17H2,1H3/t23-/m0/s1. The summed E-state index contributed by atoms with van der Waals surface area (Å²) in [5, 5.41) is 11.0. The lowest BCUT2D eigenvalue weighted by molar-refractivity contribution is -0.139. The van der Waals surface area contributed by atoms with Crippen molar-refractivity contribution in [2.45, 2.75) is 12.5 Å². The highest BCUT2D eigenvalue weighted by Gasteiger charge is 2.46. The molecule has 1 aliphatic heterocycles. The number of ketones is 1. The van der Waals surface area contributed by atoms with Gasteiger partial charge in [0.05, 0.1) is 18.7 Å². The van der Waals surface area contributed by atoms with E-state index in [1.54, 1.807) is 37.4 Å². The van der Waals surface area contributed by atoms with Gasteiger partial charge in [0, 0.05) is 17.7 Å². The van der Waals surface area contributed by atoms with Crippen LogP contribution < -0.4 is 4.74 Å². The number of para-hydroxylation sites is 1. The van der Waals surface area contributed by atoms with Crippen molar-refractivity contribution in [2.24, 2.45) is 0 Å². The number of ether oxygens (including phenoxy) is 1. The minimum absolute atomic E-state index is 0.0776. The van der Waals surface area contributed by atoms with E-state index in [0.29, 0.717) is 29.8 Å². The summed E-state index contributed by atoms with van der Waals surface area (Å²) < 4.78 is 5.52. The van der Waals surface area contributed by atoms with E-state index in [9.17, 15) is 14.7 Å². The van der Waals surface area contributed by atoms with Gasteiger partial charge in [-0.05, 0) is 18.1 Å². The number of likely N-dealkylation sites (tertiary alicyclic amines) is 1. The Labute approximate surface area is 181 Å². The third-order valence-electron chi connectivity index (χ3n) is 5.50. The first-order chi connectivity index (χ1) is 15.1. The van der Waals surface area contributed by atoms with Crippen molar-refractivity contribution < 1.29 is 19.4 Å². The van der Waals surface area contributed by atoms with E-state index in [2.05, 4.69) is 0 Å². The van der Waals surface area contributed by atoms with Crippen LogP contribution >= 0.6 is 0 Å². The maximum Gasteiger partial charge on any atom is 0.295 e. The fraction of sp³-hybridized carbons (Fsp3) is 0.154. The molecule has 0 radical (unpaired) electrons. The Balaban J connectivity index is 1.82. The van der Waals surface area contributed by atoms with Crippen LogP contribution in [0, 0.1) is 0 Å². The number of hydrogen-bond acceptors (Lipinski definition) is 4. The van der Waals surface area contributed by atoms with Crippen molar-refractivity contribution >= 4 is 17.4 Å². The van der Waals surface area contributed by atoms with Crippen LogP contribution in [-0.2, 0) is 16.0 Å². The Morgan fingerprint density at radius 3 is 2.19 bits per heavy atom. The zero-order valence-corrected chi connectivity index (χ0v) is 17.2. The lowest BCUT2D eigenvalue weighted by atomic mass is 9.94. The molecule has 1 amide bonds. The number of benzene rings is 3. The van der Waals surface area contributed by atoms with Crippen molar-refractivity contribution in [3.8, 4) is 5.75 Å². The summed E-state index contributed by atoms with van der Waals surface area (Å²) in [7, 11) is 1.55. The molecule has 0 aliphatic carbocycles. The minimum Gasteiger partial charge on any atom is -0.507 e. The van der Waals surface area contributed by atoms with Crippen molar-refractivity contribution in [3.63, 3.8) is 0 Å². The lowest BCUT2D eigenvalue weighted by Crippen LogP contribution is -2.31. The average molecular weight is 413 g/mol. The predicted octanol–water partition coefficient (Wildman–Crippen LogP) is 4.36. The average Bonchev–Trinajstić information content (AvgIpc) is 3.08. The van der Waals surface area contributed by atoms with E-state index in [4.69, 9.17) is 4.74 Å². The molecular formula is C26H23NO4. The lowest BCUT2D eigenvalue weighted by Gasteiger charge is -2.26. The van der Waals surface area contributed by atoms with Crippen LogP contribution in [0.1, 0.15) is 22.7 Å². The highest BCUT2D eigenvalue weighted by molar-refractivity contribution is 6.46. The molecule has 0 bridgehead atoms. The quantitative estimate of drug-likeness (QED) is 0.370. The third-order valence-corrected chi connectivity index (χ3v) is 5.50. The van der Waals surface area contributed by atoms with Gasteiger partial charge >= 0.3 is 0 Å². The highest BCUT2D eigenvalue weighted by atomic mass is 16.5. The molecule has 0 spiro atoms. The van der Waals surface area contributed by atoms with E-state index < -0.39 is 17.7 Å². The van der Waals surface area contributed by atoms with E-state index >= 15 is 0 Å². The topological polar surface area (TPSA) is 66.8 Å². The molecule has 1 aliphatic rings. The Morgan fingerprint density at radius 2 is 1.52 bits per heavy atom. The maximum absolute atomic E-state index is 13.1. The number of rotatable bonds is 6. The normalized spacial score (nSPS) is 17.7. The number of carbonyl (C=O) groups excluding carboxylic acids is 2. The molecule has 3 aromatic carbocycles. The van der Waals surface area contributed by atoms with E-state index in [1.807, 2.05) is 54.6 Å². The number of Topliss-reactive ketones (excluding diaryl/α,β-unsaturated/α-hetero) is 1. The summed E-state index contributed by atoms with van der Waals surface area (Å²) in [4.78, 5) is 27.7. The van der Waals surface area contributed by atoms with Gasteiger partial charge in [0.2, 0.25) is 0 Å². The van der Waals surface area contributed by atoms with Gasteiger partial charge < -0.3 is 14.7 Å². The molecule has 5 heteroatoms. The summed E-state index contributed by atoms with van der Waals surface area (Å²) in [5.74, 6) is -0.940. The van der Waals surface area contributed by atoms with Gasteiger partial charge in [-0.15, -0.1) is 0 Å². The van der Waals surface area contributed by atoms with Gasteiger partial charge in [-0.25, -0.2) is 0 Å². The van der Waals surface area contributed by atoms with Crippen LogP contribution in [-0.4, -0.2) is 35.4 Å². The van der Waals surface area contributed by atoms with E-state index in [0.717, 1.165) is 5.56 Å². The number of nitrogens with zero attached hydrogens (tertiary/aromatic N) is 1. The number of methoxy groups -OCH3 is 1. The molecule has 1 N–H and O–H groups in total. The Morgan fingerprint density at radius 1 is 0.903 bits per heavy atom. The second-order valence-electron chi connectivity index (χ2n) is 7.34. The molecule has 1 atom stereocenters. The second-order valence-corrected chi connectivity index (χ2v) is 7.34. The maximum atomic E-state index is 13.1. The molecule has 0 unspecified atom stereocenters. The number of aliphatic hydroxyl groups excluding tert-OH is 1. The molecule has 1 saturated heterocycles. The first-order valence-corrected chi connectivity index (χ1v) is 10.1. The summed E-state index contributed by atoms with van der Waals surface area (Å²) in [5.41, 5.74) is 2.29. The number of aliphatic hydroxyl groups is 1. The summed E-state index contributed by atoms with van der Waals surface area (Å²) >= 11 is 0. The SMILES string of the molecule is COc1ccccc1[C@H]1C(=C(O)c2ccccc2)C(=O)C(=O)N1CCc1ccccc1. The summed E-state index contributed by atoms with van der Waals surface area (Å²) in [6.07, 6.45) is 0.588. The number of amides is 1. The van der Waals surface area contributed by atoms with Gasteiger partial charge in [-0.3, -0.25) is 9.59 Å². The Bertz CT molecular complexity index is 1120. The van der Waals surface area contributed by atoms with Crippen molar-refractivity contribution in [1.82, 2.24) is 4.90 Å². The molecule has 1 heterocycles. The highest BCUT2D eigenvalue weighted by Crippen LogP contribution is 2.42. The van der Waals surface area contributed by atoms with E-state index in [1.165, 1.54) is 4.90 Å². The largest absolute Gasteiger partial charge is 0.507 e. The second kappa shape index (κ2) is 8.88. The molecule has 4 rings (SSSR count). The Hall–Kier alpha value is -3.86. The van der Waals surface area contributed by atoms with Gasteiger partial charge in [-0.1, -0.05) is 78.9 Å². The molecule has 156 valence electrons. The molecule has 3 aromatic rings. The molecule has 5 nitrogen and oxygen atoms in total. The summed E-state index contributed by atoms with van der Waals surface area (Å²) in [6.45, 7) is 0.336. The van der Waals surface area contributed by atoms with Crippen LogP contribution in [0.2, 0.25) is 0 Å². The van der Waals surface area contributed by atoms with Gasteiger partial charge in [0.15, 0.2) is 0 Å². The first-order valence-electron chi connectivity index (χ1n) is 10.1. The monoisotopic (exact) mass is 413 g/mol. The fourth-order valence-corrected chi connectivity index (χ4v) is 3.97. The smallest absolute Gasteiger partial charge is 0.295 e. The molecule has 0 aromatic heterocycles. The first kappa shape index (κ1) is 20.4. The van der Waals surface area contributed by atoms with Crippen LogP contribution in [0.4, 0.5) is 0 Å². The molecular weight excluding hydrogens is 390 g/mol. The summed E-state index contributed by atoms with van der Waals surface area (Å²) in [6, 6.07) is 25.1. The predicted molar refractivity (Wildman–Crippen MR) is 119 cm³/mol. The van der Waals surface area contributed by atoms with E-state index in [-0.39, 0.29) is 11.3 Å². The fourth-order valence-electron chi connectivity index (χ4n) is 3.97. The zero-order valence-electron chi connectivity index (χ0n) is 17.2. The molecule has 31 heavy (non-hydrogen) atoms. The zero-order chi connectivity index (χ0) is 21.8. The van der Waals surface area contributed by atoms with Gasteiger partial charge in [0.1, 0.15) is 11.5 Å². The van der Waals surface area contributed by atoms with Crippen LogP contribution in [0.15, 0.2) is 90.5 Å². The Kier molecular flexibility index (Phi) is 5.85.